The molecule has 2 rings (SSSR count). The summed E-state index contributed by atoms with van der Waals surface area (Å²) in [6, 6.07) is 0.273. The molecule has 0 spiro atoms. The quantitative estimate of drug-likeness (QED) is 0.679. The van der Waals surface area contributed by atoms with E-state index < -0.39 is 5.97 Å². The van der Waals surface area contributed by atoms with Gasteiger partial charge in [0, 0.05) is 18.2 Å². The van der Waals surface area contributed by atoms with Crippen molar-refractivity contribution in [3.8, 4) is 0 Å². The van der Waals surface area contributed by atoms with E-state index in [1.165, 1.54) is 19.3 Å². The molecule has 4 nitrogen and oxygen atoms in total. The molecule has 0 heterocycles. The van der Waals surface area contributed by atoms with Crippen LogP contribution < -0.4 is 5.32 Å². The summed E-state index contributed by atoms with van der Waals surface area (Å²) in [5, 5.41) is 11.2. The number of hydrogen-bond acceptors (Lipinski definition) is 2. The molecule has 0 radical (unpaired) electrons. The molecule has 1 amide bonds. The van der Waals surface area contributed by atoms with Crippen LogP contribution in [0.2, 0.25) is 0 Å². The van der Waals surface area contributed by atoms with E-state index in [0.717, 1.165) is 24.5 Å². The van der Waals surface area contributed by atoms with E-state index in [4.69, 9.17) is 5.11 Å². The summed E-state index contributed by atoms with van der Waals surface area (Å²) < 4.78 is 0. The lowest BCUT2D eigenvalue weighted by atomic mass is 9.95. The molecule has 2 aliphatic rings. The summed E-state index contributed by atoms with van der Waals surface area (Å²) in [7, 11) is 0. The number of carboxylic acid groups (broad SMARTS) is 1. The van der Waals surface area contributed by atoms with Gasteiger partial charge in [0.15, 0.2) is 0 Å². The molecule has 2 N–H and O–H groups in total. The molecule has 2 bridgehead atoms. The molecule has 2 fully saturated rings. The Morgan fingerprint density at radius 1 is 1.20 bits per heavy atom. The van der Waals surface area contributed by atoms with Crippen LogP contribution in [0, 0.1) is 11.8 Å². The highest BCUT2D eigenvalue weighted by molar-refractivity contribution is 5.94. The first-order chi connectivity index (χ1) is 7.15. The number of nitrogens with one attached hydrogen (secondary N) is 1. The molecule has 2 aliphatic carbocycles. The van der Waals surface area contributed by atoms with E-state index in [1.807, 2.05) is 0 Å². The lowest BCUT2D eigenvalue weighted by Gasteiger charge is -2.21. The van der Waals surface area contributed by atoms with Crippen molar-refractivity contribution in [2.24, 2.45) is 11.8 Å². The Hall–Kier alpha value is -1.32. The van der Waals surface area contributed by atoms with Gasteiger partial charge in [0.2, 0.25) is 5.91 Å². The Bertz CT molecular complexity index is 311. The Morgan fingerprint density at radius 3 is 2.53 bits per heavy atom. The normalized spacial score (nSPS) is 33.5. The molecule has 0 aromatic carbocycles. The molecule has 2 saturated carbocycles. The van der Waals surface area contributed by atoms with Gasteiger partial charge in [0.05, 0.1) is 0 Å². The lowest BCUT2D eigenvalue weighted by molar-refractivity contribution is -0.131. The second-order valence-electron chi connectivity index (χ2n) is 4.46. The number of carbonyl (C=O) groups excluding carboxylic acids is 1. The third-order valence-corrected chi connectivity index (χ3v) is 3.44. The fourth-order valence-corrected chi connectivity index (χ4v) is 2.80. The van der Waals surface area contributed by atoms with Crippen molar-refractivity contribution in [1.29, 1.82) is 0 Å². The van der Waals surface area contributed by atoms with Crippen molar-refractivity contribution in [1.82, 2.24) is 5.32 Å². The summed E-state index contributed by atoms with van der Waals surface area (Å²) in [6.45, 7) is 0. The van der Waals surface area contributed by atoms with E-state index >= 15 is 0 Å². The molecular weight excluding hydrogens is 194 g/mol. The summed E-state index contributed by atoms with van der Waals surface area (Å²) in [6.07, 6.45) is 6.77. The topological polar surface area (TPSA) is 66.4 Å². The summed E-state index contributed by atoms with van der Waals surface area (Å²) >= 11 is 0. The van der Waals surface area contributed by atoms with E-state index in [0.29, 0.717) is 5.92 Å². The third-order valence-electron chi connectivity index (χ3n) is 3.44. The average molecular weight is 209 g/mol. The molecule has 82 valence electrons. The first kappa shape index (κ1) is 10.2. The maximum absolute atomic E-state index is 11.3. The molecule has 0 aromatic rings. The van der Waals surface area contributed by atoms with Gasteiger partial charge in [-0.15, -0.1) is 0 Å². The number of fused-ring (bicyclic) bond motifs is 2. The number of rotatable bonds is 3. The van der Waals surface area contributed by atoms with Crippen LogP contribution >= 0.6 is 0 Å². The minimum absolute atomic E-state index is 0.273. The highest BCUT2D eigenvalue weighted by Gasteiger charge is 2.39. The predicted octanol–water partition coefficient (Wildman–Crippen LogP) is 0.932. The standard InChI is InChI=1S/C11H15NO3/c13-10(3-4-11(14)15)12-9-6-7-1-2-8(9)5-7/h3-4,7-9H,1-2,5-6H2,(H,12,13)(H,14,15)/b4-3-/t7-,8-,9-/m0/s1. The summed E-state index contributed by atoms with van der Waals surface area (Å²) in [5.74, 6) is 0.0361. The summed E-state index contributed by atoms with van der Waals surface area (Å²) in [4.78, 5) is 21.5. The lowest BCUT2D eigenvalue weighted by Crippen LogP contribution is -2.37. The van der Waals surface area contributed by atoms with Crippen LogP contribution in [0.25, 0.3) is 0 Å². The second kappa shape index (κ2) is 4.04. The Labute approximate surface area is 88.4 Å². The number of carbonyl (C=O) groups is 2. The molecule has 0 unspecified atom stereocenters. The highest BCUT2D eigenvalue weighted by atomic mass is 16.4. The van der Waals surface area contributed by atoms with Crippen molar-refractivity contribution in [2.45, 2.75) is 31.7 Å². The van der Waals surface area contributed by atoms with E-state index in [-0.39, 0.29) is 11.9 Å². The van der Waals surface area contributed by atoms with Crippen molar-refractivity contribution in [2.75, 3.05) is 0 Å². The van der Waals surface area contributed by atoms with Crippen molar-refractivity contribution in [3.05, 3.63) is 12.2 Å². The zero-order valence-electron chi connectivity index (χ0n) is 8.48. The zero-order valence-corrected chi connectivity index (χ0v) is 8.48. The molecule has 3 atom stereocenters. The maximum atomic E-state index is 11.3. The molecule has 0 saturated heterocycles. The number of carboxylic acids is 1. The van der Waals surface area contributed by atoms with Crippen molar-refractivity contribution in [3.63, 3.8) is 0 Å². The molecule has 0 aliphatic heterocycles. The monoisotopic (exact) mass is 209 g/mol. The maximum Gasteiger partial charge on any atom is 0.328 e. The Kier molecular flexibility index (Phi) is 2.75. The van der Waals surface area contributed by atoms with Crippen LogP contribution in [-0.4, -0.2) is 23.0 Å². The van der Waals surface area contributed by atoms with Gasteiger partial charge in [-0.1, -0.05) is 6.42 Å². The van der Waals surface area contributed by atoms with E-state index in [2.05, 4.69) is 5.32 Å². The van der Waals surface area contributed by atoms with Crippen molar-refractivity contribution < 1.29 is 14.7 Å². The van der Waals surface area contributed by atoms with Crippen LogP contribution in [0.1, 0.15) is 25.7 Å². The van der Waals surface area contributed by atoms with Gasteiger partial charge in [-0.05, 0) is 31.1 Å². The van der Waals surface area contributed by atoms with Crippen LogP contribution in [0.3, 0.4) is 0 Å². The average Bonchev–Trinajstić information content (AvgIpc) is 2.76. The smallest absolute Gasteiger partial charge is 0.328 e. The Morgan fingerprint density at radius 2 is 2.00 bits per heavy atom. The minimum Gasteiger partial charge on any atom is -0.478 e. The highest BCUT2D eigenvalue weighted by Crippen LogP contribution is 2.44. The second-order valence-corrected chi connectivity index (χ2v) is 4.46. The largest absolute Gasteiger partial charge is 0.478 e. The summed E-state index contributed by atoms with van der Waals surface area (Å²) in [5.41, 5.74) is 0. The van der Waals surface area contributed by atoms with Gasteiger partial charge in [0.25, 0.3) is 0 Å². The van der Waals surface area contributed by atoms with E-state index in [9.17, 15) is 9.59 Å². The number of aliphatic carboxylic acids is 1. The van der Waals surface area contributed by atoms with Crippen LogP contribution in [-0.2, 0) is 9.59 Å². The predicted molar refractivity (Wildman–Crippen MR) is 54.2 cm³/mol. The Balaban J connectivity index is 1.82. The fraction of sp³-hybridized carbons (Fsp3) is 0.636. The zero-order chi connectivity index (χ0) is 10.8. The van der Waals surface area contributed by atoms with Gasteiger partial charge in [-0.3, -0.25) is 4.79 Å². The minimum atomic E-state index is -1.09. The molecule has 15 heavy (non-hydrogen) atoms. The van der Waals surface area contributed by atoms with Gasteiger partial charge in [-0.25, -0.2) is 4.79 Å². The van der Waals surface area contributed by atoms with Gasteiger partial charge >= 0.3 is 5.97 Å². The first-order valence-electron chi connectivity index (χ1n) is 5.36. The van der Waals surface area contributed by atoms with Gasteiger partial charge in [-0.2, -0.15) is 0 Å². The third kappa shape index (κ3) is 2.37. The number of hydrogen-bond donors (Lipinski definition) is 2. The van der Waals surface area contributed by atoms with Crippen LogP contribution in [0.15, 0.2) is 12.2 Å². The molecular formula is C11H15NO3. The molecule has 4 heteroatoms. The van der Waals surface area contributed by atoms with Crippen molar-refractivity contribution >= 4 is 11.9 Å². The first-order valence-corrected chi connectivity index (χ1v) is 5.36. The SMILES string of the molecule is O=C(O)/C=C\C(=O)N[C@H]1C[C@H]2CC[C@H]1C2. The van der Waals surface area contributed by atoms with Crippen LogP contribution in [0.5, 0.6) is 0 Å². The van der Waals surface area contributed by atoms with Gasteiger partial charge in [0.1, 0.15) is 0 Å². The van der Waals surface area contributed by atoms with E-state index in [1.54, 1.807) is 0 Å². The molecule has 0 aromatic heterocycles. The fourth-order valence-electron chi connectivity index (χ4n) is 2.80. The van der Waals surface area contributed by atoms with Gasteiger partial charge < -0.3 is 10.4 Å². The number of amides is 1. The van der Waals surface area contributed by atoms with Crippen LogP contribution in [0.4, 0.5) is 0 Å².